The number of benzene rings is 1. The molecule has 0 atom stereocenters. The summed E-state index contributed by atoms with van der Waals surface area (Å²) in [5, 5.41) is 2.54. The molecule has 2 aromatic heterocycles. The Kier molecular flexibility index (Phi) is 2.19. The zero-order valence-corrected chi connectivity index (χ0v) is 9.62. The molecule has 3 aromatic rings. The number of nitrogens with one attached hydrogen (secondary N) is 1. The standard InChI is InChI=1S/C12H9N3OS/c13-12-14-10(16)9-8(6-17-11(9)15-12)7-4-2-1-3-5-7/h1-6H,(H3,13,14,15,16). The number of aromatic nitrogens is 2. The van der Waals surface area contributed by atoms with Crippen molar-refractivity contribution >= 4 is 27.5 Å². The van der Waals surface area contributed by atoms with Crippen LogP contribution in [0.5, 0.6) is 0 Å². The second-order valence-electron chi connectivity index (χ2n) is 3.65. The summed E-state index contributed by atoms with van der Waals surface area (Å²) < 4.78 is 0. The number of fused-ring (bicyclic) bond motifs is 1. The first-order valence-corrected chi connectivity index (χ1v) is 5.96. The summed E-state index contributed by atoms with van der Waals surface area (Å²) in [7, 11) is 0. The first kappa shape index (κ1) is 10.0. The van der Waals surface area contributed by atoms with Crippen molar-refractivity contribution in [3.63, 3.8) is 0 Å². The normalized spacial score (nSPS) is 10.8. The van der Waals surface area contributed by atoms with Gasteiger partial charge in [0.05, 0.1) is 5.39 Å². The van der Waals surface area contributed by atoms with E-state index in [0.717, 1.165) is 11.1 Å². The minimum atomic E-state index is -0.187. The van der Waals surface area contributed by atoms with Crippen LogP contribution in [0.1, 0.15) is 0 Å². The minimum Gasteiger partial charge on any atom is -0.369 e. The number of nitrogens with zero attached hydrogens (tertiary/aromatic N) is 1. The topological polar surface area (TPSA) is 71.8 Å². The Labute approximate surface area is 101 Å². The smallest absolute Gasteiger partial charge is 0.261 e. The Morgan fingerprint density at radius 1 is 1.24 bits per heavy atom. The summed E-state index contributed by atoms with van der Waals surface area (Å²) in [6.45, 7) is 0. The summed E-state index contributed by atoms with van der Waals surface area (Å²) in [4.78, 5) is 19.2. The highest BCUT2D eigenvalue weighted by Crippen LogP contribution is 2.30. The molecule has 17 heavy (non-hydrogen) atoms. The molecule has 0 aliphatic rings. The van der Waals surface area contributed by atoms with Crippen LogP contribution in [0.2, 0.25) is 0 Å². The predicted octanol–water partition coefficient (Wildman–Crippen LogP) is 2.23. The van der Waals surface area contributed by atoms with Gasteiger partial charge >= 0.3 is 0 Å². The van der Waals surface area contributed by atoms with Crippen LogP contribution in [-0.4, -0.2) is 9.97 Å². The van der Waals surface area contributed by atoms with Crippen molar-refractivity contribution in [3.05, 3.63) is 46.1 Å². The largest absolute Gasteiger partial charge is 0.369 e. The Morgan fingerprint density at radius 2 is 2.00 bits per heavy atom. The molecule has 3 rings (SSSR count). The molecule has 84 valence electrons. The lowest BCUT2D eigenvalue weighted by molar-refractivity contribution is 1.20. The molecule has 0 saturated heterocycles. The number of rotatable bonds is 1. The van der Waals surface area contributed by atoms with E-state index in [1.807, 2.05) is 35.7 Å². The Balaban J connectivity index is 2.37. The van der Waals surface area contributed by atoms with Gasteiger partial charge in [0.1, 0.15) is 4.83 Å². The molecule has 0 amide bonds. The monoisotopic (exact) mass is 243 g/mol. The zero-order chi connectivity index (χ0) is 11.8. The number of nitrogen functional groups attached to an aromatic ring is 1. The van der Waals surface area contributed by atoms with Gasteiger partial charge in [-0.05, 0) is 5.56 Å². The SMILES string of the molecule is Nc1nc2scc(-c3ccccc3)c2c(=O)[nH]1. The molecule has 3 N–H and O–H groups in total. The molecule has 0 aliphatic heterocycles. The predicted molar refractivity (Wildman–Crippen MR) is 70.1 cm³/mol. The van der Waals surface area contributed by atoms with Gasteiger partial charge in [-0.2, -0.15) is 0 Å². The summed E-state index contributed by atoms with van der Waals surface area (Å²) in [6, 6.07) is 9.77. The Morgan fingerprint density at radius 3 is 2.76 bits per heavy atom. The van der Waals surface area contributed by atoms with E-state index in [9.17, 15) is 4.79 Å². The highest BCUT2D eigenvalue weighted by Gasteiger charge is 2.11. The molecule has 0 unspecified atom stereocenters. The Bertz CT molecular complexity index is 730. The maximum atomic E-state index is 11.9. The highest BCUT2D eigenvalue weighted by atomic mass is 32.1. The first-order chi connectivity index (χ1) is 8.25. The van der Waals surface area contributed by atoms with Crippen LogP contribution in [0, 0.1) is 0 Å². The van der Waals surface area contributed by atoms with Crippen molar-refractivity contribution < 1.29 is 0 Å². The van der Waals surface area contributed by atoms with Crippen LogP contribution in [0.3, 0.4) is 0 Å². The van der Waals surface area contributed by atoms with E-state index in [0.29, 0.717) is 10.2 Å². The van der Waals surface area contributed by atoms with Crippen LogP contribution in [0.15, 0.2) is 40.5 Å². The van der Waals surface area contributed by atoms with Gasteiger partial charge in [0.25, 0.3) is 5.56 Å². The van der Waals surface area contributed by atoms with Crippen molar-refractivity contribution in [2.45, 2.75) is 0 Å². The average molecular weight is 243 g/mol. The van der Waals surface area contributed by atoms with E-state index in [4.69, 9.17) is 5.73 Å². The van der Waals surface area contributed by atoms with Crippen molar-refractivity contribution in [1.82, 2.24) is 9.97 Å². The number of thiophene rings is 1. The number of hydrogen-bond acceptors (Lipinski definition) is 4. The van der Waals surface area contributed by atoms with E-state index in [1.54, 1.807) is 0 Å². The summed E-state index contributed by atoms with van der Waals surface area (Å²) in [6.07, 6.45) is 0. The molecule has 0 bridgehead atoms. The fourth-order valence-corrected chi connectivity index (χ4v) is 2.75. The number of anilines is 1. The number of aromatic amines is 1. The Hall–Kier alpha value is -2.14. The van der Waals surface area contributed by atoms with Crippen molar-refractivity contribution in [2.75, 3.05) is 5.73 Å². The van der Waals surface area contributed by atoms with Gasteiger partial charge in [0, 0.05) is 10.9 Å². The molecular weight excluding hydrogens is 234 g/mol. The molecule has 2 heterocycles. The fourth-order valence-electron chi connectivity index (χ4n) is 1.80. The average Bonchev–Trinajstić information content (AvgIpc) is 2.74. The highest BCUT2D eigenvalue weighted by molar-refractivity contribution is 7.17. The third kappa shape index (κ3) is 1.60. The second kappa shape index (κ2) is 3.71. The maximum absolute atomic E-state index is 11.9. The van der Waals surface area contributed by atoms with Gasteiger partial charge in [-0.25, -0.2) is 4.98 Å². The molecule has 0 saturated carbocycles. The molecule has 0 aliphatic carbocycles. The molecule has 5 heteroatoms. The van der Waals surface area contributed by atoms with Gasteiger partial charge in [0.2, 0.25) is 5.95 Å². The van der Waals surface area contributed by atoms with E-state index in [1.165, 1.54) is 11.3 Å². The number of nitrogens with two attached hydrogens (primary N) is 1. The van der Waals surface area contributed by atoms with E-state index < -0.39 is 0 Å². The van der Waals surface area contributed by atoms with Crippen LogP contribution in [-0.2, 0) is 0 Å². The molecule has 1 aromatic carbocycles. The van der Waals surface area contributed by atoms with Gasteiger partial charge < -0.3 is 5.73 Å². The zero-order valence-electron chi connectivity index (χ0n) is 8.81. The van der Waals surface area contributed by atoms with Gasteiger partial charge in [-0.3, -0.25) is 9.78 Å². The van der Waals surface area contributed by atoms with Crippen molar-refractivity contribution in [2.24, 2.45) is 0 Å². The van der Waals surface area contributed by atoms with E-state index in [-0.39, 0.29) is 11.5 Å². The van der Waals surface area contributed by atoms with Gasteiger partial charge in [0.15, 0.2) is 0 Å². The lowest BCUT2D eigenvalue weighted by Crippen LogP contribution is -2.10. The third-order valence-corrected chi connectivity index (χ3v) is 3.42. The molecule has 0 spiro atoms. The molecule has 0 radical (unpaired) electrons. The summed E-state index contributed by atoms with van der Waals surface area (Å²) >= 11 is 1.43. The number of H-pyrrole nitrogens is 1. The fraction of sp³-hybridized carbons (Fsp3) is 0. The van der Waals surface area contributed by atoms with Crippen LogP contribution < -0.4 is 11.3 Å². The van der Waals surface area contributed by atoms with E-state index >= 15 is 0 Å². The van der Waals surface area contributed by atoms with Crippen LogP contribution in [0.4, 0.5) is 5.95 Å². The van der Waals surface area contributed by atoms with E-state index in [2.05, 4.69) is 9.97 Å². The van der Waals surface area contributed by atoms with Crippen molar-refractivity contribution in [3.8, 4) is 11.1 Å². The van der Waals surface area contributed by atoms with Crippen LogP contribution in [0.25, 0.3) is 21.3 Å². The lowest BCUT2D eigenvalue weighted by Gasteiger charge is -1.98. The second-order valence-corrected chi connectivity index (χ2v) is 4.50. The van der Waals surface area contributed by atoms with Gasteiger partial charge in [-0.1, -0.05) is 30.3 Å². The lowest BCUT2D eigenvalue weighted by atomic mass is 10.1. The molecule has 4 nitrogen and oxygen atoms in total. The molecule has 0 fully saturated rings. The summed E-state index contributed by atoms with van der Waals surface area (Å²) in [5.74, 6) is 0.156. The van der Waals surface area contributed by atoms with Gasteiger partial charge in [-0.15, -0.1) is 11.3 Å². The minimum absolute atomic E-state index is 0.156. The summed E-state index contributed by atoms with van der Waals surface area (Å²) in [5.41, 5.74) is 7.24. The van der Waals surface area contributed by atoms with Crippen molar-refractivity contribution in [1.29, 1.82) is 0 Å². The van der Waals surface area contributed by atoms with Crippen LogP contribution >= 0.6 is 11.3 Å². The quantitative estimate of drug-likeness (QED) is 0.688. The molecular formula is C12H9N3OS. The third-order valence-electron chi connectivity index (χ3n) is 2.55. The maximum Gasteiger partial charge on any atom is 0.261 e. The number of hydrogen-bond donors (Lipinski definition) is 2. The first-order valence-electron chi connectivity index (χ1n) is 5.08.